The lowest BCUT2D eigenvalue weighted by atomic mass is 9.82. The number of amides is 1. The van der Waals surface area contributed by atoms with E-state index in [-0.39, 0.29) is 12.1 Å². The fraction of sp³-hybridized carbons (Fsp3) is 0.632. The smallest absolute Gasteiger partial charge is 0.240 e. The van der Waals surface area contributed by atoms with Gasteiger partial charge < -0.3 is 9.64 Å². The third kappa shape index (κ3) is 2.63. The Hall–Kier alpha value is -1.55. The molecule has 126 valence electrons. The number of nitrogens with zero attached hydrogens (tertiary/aromatic N) is 2. The van der Waals surface area contributed by atoms with Crippen LogP contribution in [-0.4, -0.2) is 48.5 Å². The van der Waals surface area contributed by atoms with Crippen LogP contribution in [0.4, 0.5) is 0 Å². The molecule has 4 heteroatoms. The minimum atomic E-state index is 0.0426. The largest absolute Gasteiger partial charge is 0.497 e. The highest BCUT2D eigenvalue weighted by molar-refractivity contribution is 5.84. The van der Waals surface area contributed by atoms with Gasteiger partial charge in [-0.3, -0.25) is 9.69 Å². The van der Waals surface area contributed by atoms with Crippen LogP contribution in [0.2, 0.25) is 0 Å². The summed E-state index contributed by atoms with van der Waals surface area (Å²) in [5.74, 6) is 1.22. The van der Waals surface area contributed by atoms with E-state index in [1.807, 2.05) is 6.07 Å². The van der Waals surface area contributed by atoms with Crippen molar-refractivity contribution >= 4 is 5.91 Å². The number of methoxy groups -OCH3 is 1. The van der Waals surface area contributed by atoms with Crippen LogP contribution < -0.4 is 4.74 Å². The first-order valence-electron chi connectivity index (χ1n) is 8.81. The second-order valence-electron chi connectivity index (χ2n) is 6.74. The lowest BCUT2D eigenvalue weighted by Crippen LogP contribution is -2.62. The highest BCUT2D eigenvalue weighted by Gasteiger charge is 2.46. The predicted molar refractivity (Wildman–Crippen MR) is 91.7 cm³/mol. The van der Waals surface area contributed by atoms with E-state index in [1.54, 1.807) is 7.11 Å². The van der Waals surface area contributed by atoms with E-state index < -0.39 is 0 Å². The summed E-state index contributed by atoms with van der Waals surface area (Å²) in [4.78, 5) is 17.5. The molecule has 0 saturated carbocycles. The maximum absolute atomic E-state index is 13.0. The van der Waals surface area contributed by atoms with Crippen molar-refractivity contribution in [1.82, 2.24) is 9.80 Å². The number of ether oxygens (including phenoxy) is 1. The van der Waals surface area contributed by atoms with E-state index >= 15 is 0 Å². The standard InChI is InChI=1S/C19H28N2O2/c1-5-7-17-19(22)21-11-10-13-12-14(23-4)8-9-15(13)18(21)16(6-2)20(17)3/h8-9,12,16-18H,5-7,10-11H2,1-4H3. The van der Waals surface area contributed by atoms with Crippen LogP contribution >= 0.6 is 0 Å². The van der Waals surface area contributed by atoms with Crippen molar-refractivity contribution in [2.24, 2.45) is 0 Å². The molecule has 3 rings (SSSR count). The summed E-state index contributed by atoms with van der Waals surface area (Å²) < 4.78 is 5.37. The first kappa shape index (κ1) is 16.3. The molecule has 2 aliphatic heterocycles. The maximum Gasteiger partial charge on any atom is 0.240 e. The number of piperazine rings is 1. The summed E-state index contributed by atoms with van der Waals surface area (Å²) >= 11 is 0. The molecule has 2 aliphatic rings. The minimum Gasteiger partial charge on any atom is -0.497 e. The third-order valence-corrected chi connectivity index (χ3v) is 5.55. The van der Waals surface area contributed by atoms with Crippen LogP contribution in [0.25, 0.3) is 0 Å². The summed E-state index contributed by atoms with van der Waals surface area (Å²) in [6.07, 6.45) is 3.97. The van der Waals surface area contributed by atoms with Crippen molar-refractivity contribution in [1.29, 1.82) is 0 Å². The van der Waals surface area contributed by atoms with Crippen LogP contribution in [-0.2, 0) is 11.2 Å². The second kappa shape index (κ2) is 6.52. The Bertz CT molecular complexity index is 587. The molecular formula is C19H28N2O2. The molecule has 1 fully saturated rings. The number of hydrogen-bond donors (Lipinski definition) is 0. The van der Waals surface area contributed by atoms with Crippen molar-refractivity contribution in [3.8, 4) is 5.75 Å². The van der Waals surface area contributed by atoms with Crippen LogP contribution in [0.5, 0.6) is 5.75 Å². The van der Waals surface area contributed by atoms with Gasteiger partial charge >= 0.3 is 0 Å². The molecule has 0 radical (unpaired) electrons. The van der Waals surface area contributed by atoms with Gasteiger partial charge in [0.15, 0.2) is 0 Å². The summed E-state index contributed by atoms with van der Waals surface area (Å²) in [6, 6.07) is 6.94. The number of rotatable bonds is 4. The van der Waals surface area contributed by atoms with E-state index in [2.05, 4.69) is 42.8 Å². The minimum absolute atomic E-state index is 0.0426. The normalized spacial score (nSPS) is 27.6. The zero-order chi connectivity index (χ0) is 16.6. The molecule has 1 amide bonds. The number of benzene rings is 1. The van der Waals surface area contributed by atoms with Crippen LogP contribution in [0.15, 0.2) is 18.2 Å². The van der Waals surface area contributed by atoms with E-state index in [0.717, 1.165) is 38.0 Å². The molecule has 0 bridgehead atoms. The van der Waals surface area contributed by atoms with Gasteiger partial charge in [0.2, 0.25) is 5.91 Å². The topological polar surface area (TPSA) is 32.8 Å². The van der Waals surface area contributed by atoms with Gasteiger partial charge in [0.25, 0.3) is 0 Å². The van der Waals surface area contributed by atoms with Crippen molar-refractivity contribution in [3.05, 3.63) is 29.3 Å². The highest BCUT2D eigenvalue weighted by Crippen LogP contribution is 2.41. The average molecular weight is 316 g/mol. The summed E-state index contributed by atoms with van der Waals surface area (Å²) in [5, 5.41) is 0. The molecule has 4 nitrogen and oxygen atoms in total. The molecule has 0 aliphatic carbocycles. The molecule has 3 atom stereocenters. The SMILES string of the molecule is CCCC1C(=O)N2CCc3cc(OC)ccc3C2C(CC)N1C. The van der Waals surface area contributed by atoms with Crippen molar-refractivity contribution in [3.63, 3.8) is 0 Å². The van der Waals surface area contributed by atoms with Gasteiger partial charge in [-0.15, -0.1) is 0 Å². The van der Waals surface area contributed by atoms with Crippen LogP contribution in [0.1, 0.15) is 50.3 Å². The lowest BCUT2D eigenvalue weighted by molar-refractivity contribution is -0.151. The molecule has 0 aromatic heterocycles. The molecule has 1 aromatic rings. The Morgan fingerprint density at radius 1 is 1.30 bits per heavy atom. The monoisotopic (exact) mass is 316 g/mol. The molecule has 0 spiro atoms. The number of carbonyl (C=O) groups is 1. The highest BCUT2D eigenvalue weighted by atomic mass is 16.5. The lowest BCUT2D eigenvalue weighted by Gasteiger charge is -2.52. The summed E-state index contributed by atoms with van der Waals surface area (Å²) in [5.41, 5.74) is 2.64. The molecule has 23 heavy (non-hydrogen) atoms. The fourth-order valence-electron chi connectivity index (χ4n) is 4.36. The molecule has 1 saturated heterocycles. The fourth-order valence-corrected chi connectivity index (χ4v) is 4.36. The van der Waals surface area contributed by atoms with Gasteiger partial charge in [0, 0.05) is 12.6 Å². The van der Waals surface area contributed by atoms with Gasteiger partial charge in [-0.05, 0) is 49.6 Å². The third-order valence-electron chi connectivity index (χ3n) is 5.55. The van der Waals surface area contributed by atoms with Gasteiger partial charge in [0.05, 0.1) is 19.2 Å². The first-order valence-corrected chi connectivity index (χ1v) is 8.81. The zero-order valence-corrected chi connectivity index (χ0v) is 14.7. The number of hydrogen-bond acceptors (Lipinski definition) is 3. The van der Waals surface area contributed by atoms with Crippen molar-refractivity contribution in [2.45, 2.75) is 57.7 Å². The zero-order valence-electron chi connectivity index (χ0n) is 14.7. The maximum atomic E-state index is 13.0. The Kier molecular flexibility index (Phi) is 4.62. The first-order chi connectivity index (χ1) is 11.1. The van der Waals surface area contributed by atoms with Gasteiger partial charge in [-0.1, -0.05) is 26.3 Å². The van der Waals surface area contributed by atoms with Gasteiger partial charge in [-0.25, -0.2) is 0 Å². The van der Waals surface area contributed by atoms with Crippen LogP contribution in [0, 0.1) is 0 Å². The predicted octanol–water partition coefficient (Wildman–Crippen LogP) is 3.01. The van der Waals surface area contributed by atoms with E-state index in [0.29, 0.717) is 11.9 Å². The Morgan fingerprint density at radius 2 is 2.09 bits per heavy atom. The van der Waals surface area contributed by atoms with Crippen molar-refractivity contribution < 1.29 is 9.53 Å². The molecule has 3 unspecified atom stereocenters. The van der Waals surface area contributed by atoms with E-state index in [1.165, 1.54) is 11.1 Å². The second-order valence-corrected chi connectivity index (χ2v) is 6.74. The van der Waals surface area contributed by atoms with Crippen molar-refractivity contribution in [2.75, 3.05) is 20.7 Å². The molecule has 1 aromatic carbocycles. The molecule has 0 N–H and O–H groups in total. The number of carbonyl (C=O) groups excluding carboxylic acids is 1. The number of likely N-dealkylation sites (N-methyl/N-ethyl adjacent to an activating group) is 1. The van der Waals surface area contributed by atoms with E-state index in [9.17, 15) is 4.79 Å². The summed E-state index contributed by atoms with van der Waals surface area (Å²) in [7, 11) is 3.83. The quantitative estimate of drug-likeness (QED) is 0.856. The van der Waals surface area contributed by atoms with E-state index in [4.69, 9.17) is 4.74 Å². The molecule has 2 heterocycles. The average Bonchev–Trinajstić information content (AvgIpc) is 2.58. The Labute approximate surface area is 139 Å². The van der Waals surface area contributed by atoms with Gasteiger partial charge in [0.1, 0.15) is 5.75 Å². The summed E-state index contributed by atoms with van der Waals surface area (Å²) in [6.45, 7) is 5.22. The Morgan fingerprint density at radius 3 is 2.74 bits per heavy atom. The van der Waals surface area contributed by atoms with Gasteiger partial charge in [-0.2, -0.15) is 0 Å². The number of fused-ring (bicyclic) bond motifs is 3. The molecular weight excluding hydrogens is 288 g/mol. The Balaban J connectivity index is 2.01. The van der Waals surface area contributed by atoms with Crippen LogP contribution in [0.3, 0.4) is 0 Å².